The Labute approximate surface area is 87.5 Å². The van der Waals surface area contributed by atoms with Crippen LogP contribution in [0.3, 0.4) is 0 Å². The van der Waals surface area contributed by atoms with Gasteiger partial charge in [0.05, 0.1) is 0 Å². The van der Waals surface area contributed by atoms with Gasteiger partial charge in [-0.05, 0) is 37.0 Å². The molecule has 0 spiro atoms. The summed E-state index contributed by atoms with van der Waals surface area (Å²) in [4.78, 5) is 0. The quantitative estimate of drug-likeness (QED) is 0.643. The van der Waals surface area contributed by atoms with E-state index in [0.717, 1.165) is 6.42 Å². The number of halogens is 1. The molecule has 3 heteroatoms. The summed E-state index contributed by atoms with van der Waals surface area (Å²) in [6.07, 6.45) is 1.71. The van der Waals surface area contributed by atoms with Crippen LogP contribution in [0.15, 0.2) is 0 Å². The van der Waals surface area contributed by atoms with Crippen molar-refractivity contribution in [3.05, 3.63) is 0 Å². The van der Waals surface area contributed by atoms with Crippen LogP contribution in [0.2, 0.25) is 0 Å². The van der Waals surface area contributed by atoms with Crippen molar-refractivity contribution in [3.8, 4) is 0 Å². The fraction of sp³-hybridized carbons (Fsp3) is 1.00. The first-order valence-corrected chi connectivity index (χ1v) is 5.62. The molecule has 76 valence electrons. The summed E-state index contributed by atoms with van der Waals surface area (Å²) in [7, 11) is 0. The molecule has 0 aromatic carbocycles. The Morgan fingerprint density at radius 1 is 1.23 bits per heavy atom. The second-order valence-electron chi connectivity index (χ2n) is 5.42. The topological polar surface area (TPSA) is 40.5 Å². The molecule has 3 aliphatic carbocycles. The molecule has 4 atom stereocenters. The average molecular weight is 249 g/mol. The Balaban J connectivity index is 2.34. The zero-order valence-electron chi connectivity index (χ0n) is 8.34. The zero-order chi connectivity index (χ0) is 10.1. The molecule has 0 saturated heterocycles. The van der Waals surface area contributed by atoms with E-state index < -0.39 is 10.1 Å². The summed E-state index contributed by atoms with van der Waals surface area (Å²) in [5.74, 6) is 0.755. The van der Waals surface area contributed by atoms with Gasteiger partial charge in [0.1, 0.15) is 10.1 Å². The Hall–Kier alpha value is 0.400. The van der Waals surface area contributed by atoms with Crippen molar-refractivity contribution in [2.45, 2.75) is 43.7 Å². The summed E-state index contributed by atoms with van der Waals surface area (Å²) in [6, 6.07) is 0. The highest BCUT2D eigenvalue weighted by Crippen LogP contribution is 2.66. The SMILES string of the molecule is CC1(C)C2CC1C(C)(O)C(O)(Br)C2. The predicted molar refractivity (Wildman–Crippen MR) is 54.5 cm³/mol. The molecular formula is C10H17BrO2. The fourth-order valence-corrected chi connectivity index (χ4v) is 3.78. The van der Waals surface area contributed by atoms with Gasteiger partial charge in [-0.2, -0.15) is 0 Å². The molecule has 0 aromatic heterocycles. The van der Waals surface area contributed by atoms with Crippen molar-refractivity contribution < 1.29 is 10.2 Å². The van der Waals surface area contributed by atoms with Gasteiger partial charge in [0.15, 0.2) is 0 Å². The molecular weight excluding hydrogens is 232 g/mol. The Kier molecular flexibility index (Phi) is 1.77. The number of aliphatic hydroxyl groups is 2. The molecule has 0 heterocycles. The summed E-state index contributed by atoms with van der Waals surface area (Å²) < 4.78 is -1.08. The van der Waals surface area contributed by atoms with Crippen LogP contribution in [0, 0.1) is 17.3 Å². The molecule has 3 fully saturated rings. The van der Waals surface area contributed by atoms with E-state index in [-0.39, 0.29) is 11.3 Å². The number of rotatable bonds is 0. The second-order valence-corrected chi connectivity index (χ2v) is 6.73. The molecule has 3 aliphatic rings. The first kappa shape index (κ1) is 9.94. The molecule has 0 aliphatic heterocycles. The molecule has 3 rings (SSSR count). The van der Waals surface area contributed by atoms with E-state index in [2.05, 4.69) is 29.8 Å². The molecule has 2 nitrogen and oxygen atoms in total. The third-order valence-corrected chi connectivity index (χ3v) is 5.57. The molecule has 3 saturated carbocycles. The smallest absolute Gasteiger partial charge is 0.148 e. The normalized spacial score (nSPS) is 58.6. The van der Waals surface area contributed by atoms with Gasteiger partial charge in [0.2, 0.25) is 0 Å². The van der Waals surface area contributed by atoms with Crippen LogP contribution in [0.4, 0.5) is 0 Å². The van der Waals surface area contributed by atoms with E-state index in [1.807, 2.05) is 0 Å². The second kappa shape index (κ2) is 2.31. The van der Waals surface area contributed by atoms with Crippen LogP contribution in [0.5, 0.6) is 0 Å². The molecule has 0 amide bonds. The predicted octanol–water partition coefficient (Wildman–Crippen LogP) is 1.89. The van der Waals surface area contributed by atoms with Crippen LogP contribution in [-0.2, 0) is 0 Å². The molecule has 2 N–H and O–H groups in total. The molecule has 4 unspecified atom stereocenters. The van der Waals surface area contributed by atoms with Crippen molar-refractivity contribution in [3.63, 3.8) is 0 Å². The average Bonchev–Trinajstić information content (AvgIpc) is 1.94. The van der Waals surface area contributed by atoms with Crippen molar-refractivity contribution in [2.75, 3.05) is 0 Å². The highest BCUT2D eigenvalue weighted by Gasteiger charge is 2.67. The van der Waals surface area contributed by atoms with E-state index in [1.165, 1.54) is 0 Å². The standard InChI is InChI=1S/C10H17BrO2/c1-8(2)6-4-7(8)9(3,12)10(11,13)5-6/h6-7,12-13H,4-5H2,1-3H3. The summed E-state index contributed by atoms with van der Waals surface area (Å²) in [5, 5.41) is 20.2. The number of hydrogen-bond acceptors (Lipinski definition) is 2. The van der Waals surface area contributed by atoms with Crippen molar-refractivity contribution in [1.82, 2.24) is 0 Å². The Bertz CT molecular complexity index is 245. The third kappa shape index (κ3) is 1.01. The molecule has 0 aromatic rings. The van der Waals surface area contributed by atoms with E-state index in [4.69, 9.17) is 0 Å². The fourth-order valence-electron chi connectivity index (χ4n) is 3.12. The lowest BCUT2D eigenvalue weighted by atomic mass is 9.43. The van der Waals surface area contributed by atoms with Crippen molar-refractivity contribution in [2.24, 2.45) is 17.3 Å². The zero-order valence-corrected chi connectivity index (χ0v) is 9.93. The first-order chi connectivity index (χ1) is 5.69. The van der Waals surface area contributed by atoms with Gasteiger partial charge in [-0.3, -0.25) is 0 Å². The minimum atomic E-state index is -1.08. The lowest BCUT2D eigenvalue weighted by Gasteiger charge is -2.66. The van der Waals surface area contributed by atoms with Gasteiger partial charge >= 0.3 is 0 Å². The maximum atomic E-state index is 10.2. The van der Waals surface area contributed by atoms with Gasteiger partial charge in [-0.15, -0.1) is 0 Å². The van der Waals surface area contributed by atoms with E-state index in [0.29, 0.717) is 12.3 Å². The Morgan fingerprint density at radius 2 is 1.77 bits per heavy atom. The lowest BCUT2D eigenvalue weighted by Crippen LogP contribution is -2.70. The van der Waals surface area contributed by atoms with E-state index >= 15 is 0 Å². The number of hydrogen-bond donors (Lipinski definition) is 2. The van der Waals surface area contributed by atoms with Gasteiger partial charge in [0, 0.05) is 0 Å². The Morgan fingerprint density at radius 3 is 2.08 bits per heavy atom. The van der Waals surface area contributed by atoms with Crippen LogP contribution < -0.4 is 0 Å². The summed E-state index contributed by atoms with van der Waals surface area (Å²) >= 11 is 3.24. The van der Waals surface area contributed by atoms with Gasteiger partial charge in [0.25, 0.3) is 0 Å². The van der Waals surface area contributed by atoms with Crippen LogP contribution in [0.25, 0.3) is 0 Å². The molecule has 13 heavy (non-hydrogen) atoms. The van der Waals surface area contributed by atoms with Crippen molar-refractivity contribution >= 4 is 15.9 Å². The molecule has 2 bridgehead atoms. The van der Waals surface area contributed by atoms with Crippen LogP contribution >= 0.6 is 15.9 Å². The largest absolute Gasteiger partial charge is 0.386 e. The van der Waals surface area contributed by atoms with Gasteiger partial charge < -0.3 is 10.2 Å². The first-order valence-electron chi connectivity index (χ1n) is 4.83. The summed E-state index contributed by atoms with van der Waals surface area (Å²) in [6.45, 7) is 6.11. The van der Waals surface area contributed by atoms with Crippen LogP contribution in [0.1, 0.15) is 33.6 Å². The summed E-state index contributed by atoms with van der Waals surface area (Å²) in [5.41, 5.74) is -0.811. The lowest BCUT2D eigenvalue weighted by molar-refractivity contribution is -0.255. The highest BCUT2D eigenvalue weighted by atomic mass is 79.9. The third-order valence-electron chi connectivity index (χ3n) is 4.44. The maximum Gasteiger partial charge on any atom is 0.148 e. The monoisotopic (exact) mass is 248 g/mol. The maximum absolute atomic E-state index is 10.2. The van der Waals surface area contributed by atoms with E-state index in [1.54, 1.807) is 6.92 Å². The van der Waals surface area contributed by atoms with Crippen LogP contribution in [-0.4, -0.2) is 20.3 Å². The van der Waals surface area contributed by atoms with E-state index in [9.17, 15) is 10.2 Å². The van der Waals surface area contributed by atoms with Gasteiger partial charge in [-0.1, -0.05) is 29.8 Å². The number of alkyl halides is 1. The minimum absolute atomic E-state index is 0.184. The van der Waals surface area contributed by atoms with Crippen molar-refractivity contribution in [1.29, 1.82) is 0 Å². The van der Waals surface area contributed by atoms with Gasteiger partial charge in [-0.25, -0.2) is 0 Å². The highest BCUT2D eigenvalue weighted by molar-refractivity contribution is 9.10. The number of fused-ring (bicyclic) bond motifs is 2. The minimum Gasteiger partial charge on any atom is -0.386 e. The molecule has 0 radical (unpaired) electrons.